The van der Waals surface area contributed by atoms with Gasteiger partial charge < -0.3 is 4.74 Å². The maximum atomic E-state index is 14.4. The summed E-state index contributed by atoms with van der Waals surface area (Å²) in [5.41, 5.74) is -1.89. The van der Waals surface area contributed by atoms with Crippen molar-refractivity contribution in [2.24, 2.45) is 0 Å². The minimum absolute atomic E-state index is 0.0735. The molecule has 3 aromatic rings. The summed E-state index contributed by atoms with van der Waals surface area (Å²) in [6, 6.07) is 4.86. The lowest BCUT2D eigenvalue weighted by Crippen LogP contribution is -2.40. The Bertz CT molecular complexity index is 1120. The van der Waals surface area contributed by atoms with Gasteiger partial charge >= 0.3 is 6.09 Å². The summed E-state index contributed by atoms with van der Waals surface area (Å²) in [7, 11) is 0. The quantitative estimate of drug-likeness (QED) is 0.666. The average Bonchev–Trinajstić information content (AvgIpc) is 2.64. The van der Waals surface area contributed by atoms with Gasteiger partial charge in [0.1, 0.15) is 28.1 Å². The number of anilines is 1. The first-order chi connectivity index (χ1) is 13.6. The van der Waals surface area contributed by atoms with Crippen LogP contribution >= 0.6 is 0 Å². The molecule has 0 unspecified atom stereocenters. The zero-order valence-electron chi connectivity index (χ0n) is 16.4. The third-order valence-corrected chi connectivity index (χ3v) is 3.98. The van der Waals surface area contributed by atoms with Crippen molar-refractivity contribution >= 4 is 22.9 Å². The maximum Gasteiger partial charge on any atom is 0.417 e. The lowest BCUT2D eigenvalue weighted by Gasteiger charge is -2.27. The minimum Gasteiger partial charge on any atom is -0.443 e. The summed E-state index contributed by atoms with van der Waals surface area (Å²) in [4.78, 5) is 35.1. The molecule has 0 fully saturated rings. The summed E-state index contributed by atoms with van der Waals surface area (Å²) in [5.74, 6) is -1.99. The molecule has 2 heterocycles. The number of hydrogen-bond acceptors (Lipinski definition) is 5. The molecule has 152 valence electrons. The Morgan fingerprint density at radius 2 is 1.90 bits per heavy atom. The molecule has 0 radical (unpaired) electrons. The van der Waals surface area contributed by atoms with Gasteiger partial charge in [0, 0.05) is 12.7 Å². The number of amides is 1. The van der Waals surface area contributed by atoms with Crippen LogP contribution in [0.1, 0.15) is 27.7 Å². The molecular weight excluding hydrogens is 382 g/mol. The van der Waals surface area contributed by atoms with Gasteiger partial charge in [-0.3, -0.25) is 9.78 Å². The molecule has 0 saturated heterocycles. The van der Waals surface area contributed by atoms with Gasteiger partial charge in [-0.25, -0.2) is 28.0 Å². The normalized spacial score (nSPS) is 11.5. The van der Waals surface area contributed by atoms with E-state index in [1.807, 2.05) is 0 Å². The Labute approximate surface area is 165 Å². The highest BCUT2D eigenvalue weighted by molar-refractivity contribution is 5.88. The molecule has 7 nitrogen and oxygen atoms in total. The molecule has 0 aliphatic heterocycles. The van der Waals surface area contributed by atoms with Gasteiger partial charge in [0.25, 0.3) is 5.56 Å². The molecule has 0 atom stereocenters. The first-order valence-electron chi connectivity index (χ1n) is 8.95. The second-order valence-electron chi connectivity index (χ2n) is 7.24. The van der Waals surface area contributed by atoms with Gasteiger partial charge in [0.05, 0.1) is 11.9 Å². The van der Waals surface area contributed by atoms with E-state index in [-0.39, 0.29) is 18.2 Å². The zero-order chi connectivity index (χ0) is 21.3. The number of pyridine rings is 1. The zero-order valence-corrected chi connectivity index (χ0v) is 16.4. The highest BCUT2D eigenvalue weighted by Gasteiger charge is 2.28. The Hall–Kier alpha value is -3.36. The fourth-order valence-corrected chi connectivity index (χ4v) is 2.78. The molecule has 1 aromatic carbocycles. The molecular formula is C20H20F2N4O3. The van der Waals surface area contributed by atoms with E-state index in [4.69, 9.17) is 4.74 Å². The summed E-state index contributed by atoms with van der Waals surface area (Å²) in [6.07, 6.45) is 2.08. The number of nitrogens with zero attached hydrogens (tertiary/aromatic N) is 4. The average molecular weight is 402 g/mol. The van der Waals surface area contributed by atoms with E-state index in [1.165, 1.54) is 12.4 Å². The third-order valence-electron chi connectivity index (χ3n) is 3.98. The van der Waals surface area contributed by atoms with E-state index in [1.54, 1.807) is 39.8 Å². The van der Waals surface area contributed by atoms with Crippen LogP contribution in [0.5, 0.6) is 0 Å². The molecule has 0 aliphatic rings. The molecule has 0 saturated carbocycles. The Morgan fingerprint density at radius 1 is 1.21 bits per heavy atom. The van der Waals surface area contributed by atoms with Crippen molar-refractivity contribution in [3.63, 3.8) is 0 Å². The highest BCUT2D eigenvalue weighted by Crippen LogP contribution is 2.24. The largest absolute Gasteiger partial charge is 0.443 e. The van der Waals surface area contributed by atoms with Crippen molar-refractivity contribution in [2.45, 2.75) is 33.3 Å². The van der Waals surface area contributed by atoms with Gasteiger partial charge in [-0.1, -0.05) is 0 Å². The van der Waals surface area contributed by atoms with Gasteiger partial charge in [0.2, 0.25) is 5.95 Å². The molecule has 3 rings (SSSR count). The molecule has 0 N–H and O–H groups in total. The first-order valence-corrected chi connectivity index (χ1v) is 8.95. The molecule has 2 aromatic heterocycles. The van der Waals surface area contributed by atoms with Crippen LogP contribution in [0, 0.1) is 11.6 Å². The van der Waals surface area contributed by atoms with Crippen molar-refractivity contribution in [3.8, 4) is 5.69 Å². The van der Waals surface area contributed by atoms with Crippen LogP contribution in [0.25, 0.3) is 16.6 Å². The third kappa shape index (κ3) is 3.94. The SMILES string of the molecule is CCN(C(=O)OC(C)(C)C)c1nc2c(F)ccc(F)c2c(=O)n1-c1cccnc1. The smallest absolute Gasteiger partial charge is 0.417 e. The fourth-order valence-electron chi connectivity index (χ4n) is 2.78. The van der Waals surface area contributed by atoms with Crippen molar-refractivity contribution in [2.75, 3.05) is 11.4 Å². The Kier molecular flexibility index (Phi) is 5.32. The number of halogens is 2. The maximum absolute atomic E-state index is 14.4. The number of ether oxygens (including phenoxy) is 1. The topological polar surface area (TPSA) is 77.3 Å². The number of carbonyl (C=O) groups is 1. The number of rotatable bonds is 3. The van der Waals surface area contributed by atoms with Crippen molar-refractivity contribution < 1.29 is 18.3 Å². The Balaban J connectivity index is 2.36. The van der Waals surface area contributed by atoms with Crippen LogP contribution in [0.15, 0.2) is 41.5 Å². The van der Waals surface area contributed by atoms with E-state index in [2.05, 4.69) is 9.97 Å². The van der Waals surface area contributed by atoms with Crippen LogP contribution in [0.4, 0.5) is 19.5 Å². The second-order valence-corrected chi connectivity index (χ2v) is 7.24. The van der Waals surface area contributed by atoms with Gasteiger partial charge in [-0.2, -0.15) is 0 Å². The Morgan fingerprint density at radius 3 is 2.48 bits per heavy atom. The van der Waals surface area contributed by atoms with Gasteiger partial charge in [-0.15, -0.1) is 0 Å². The van der Waals surface area contributed by atoms with Gasteiger partial charge in [0.15, 0.2) is 0 Å². The van der Waals surface area contributed by atoms with Crippen LogP contribution in [0.2, 0.25) is 0 Å². The number of fused-ring (bicyclic) bond motifs is 1. The molecule has 9 heteroatoms. The summed E-state index contributed by atoms with van der Waals surface area (Å²) < 4.78 is 35.2. The molecule has 0 bridgehead atoms. The van der Waals surface area contributed by atoms with E-state index in [0.29, 0.717) is 0 Å². The van der Waals surface area contributed by atoms with Crippen molar-refractivity contribution in [1.29, 1.82) is 0 Å². The summed E-state index contributed by atoms with van der Waals surface area (Å²) in [5, 5.41) is -0.516. The number of aromatic nitrogens is 3. The van der Waals surface area contributed by atoms with Crippen LogP contribution < -0.4 is 10.5 Å². The standard InChI is InChI=1S/C20H20F2N4O3/c1-5-25(19(28)29-20(2,3)4)18-24-16-14(22)9-8-13(21)15(16)17(27)26(18)12-7-6-10-23-11-12/h6-11H,5H2,1-4H3. The van der Waals surface area contributed by atoms with E-state index >= 15 is 0 Å². The van der Waals surface area contributed by atoms with Crippen molar-refractivity contribution in [3.05, 3.63) is 58.6 Å². The summed E-state index contributed by atoms with van der Waals surface area (Å²) in [6.45, 7) is 6.79. The predicted molar refractivity (Wildman–Crippen MR) is 104 cm³/mol. The van der Waals surface area contributed by atoms with Crippen molar-refractivity contribution in [1.82, 2.24) is 14.5 Å². The molecule has 1 amide bonds. The fraction of sp³-hybridized carbons (Fsp3) is 0.300. The summed E-state index contributed by atoms with van der Waals surface area (Å²) >= 11 is 0. The lowest BCUT2D eigenvalue weighted by atomic mass is 10.2. The molecule has 0 aliphatic carbocycles. The van der Waals surface area contributed by atoms with Crippen LogP contribution in [-0.4, -0.2) is 32.8 Å². The predicted octanol–water partition coefficient (Wildman–Crippen LogP) is 3.82. The number of benzene rings is 1. The highest BCUT2D eigenvalue weighted by atomic mass is 19.1. The molecule has 29 heavy (non-hydrogen) atoms. The number of carbonyl (C=O) groups excluding carboxylic acids is 1. The van der Waals surface area contributed by atoms with Crippen LogP contribution in [0.3, 0.4) is 0 Å². The van der Waals surface area contributed by atoms with Gasteiger partial charge in [-0.05, 0) is 52.0 Å². The second kappa shape index (κ2) is 7.57. The van der Waals surface area contributed by atoms with E-state index < -0.39 is 39.8 Å². The molecule has 0 spiro atoms. The van der Waals surface area contributed by atoms with E-state index in [0.717, 1.165) is 21.6 Å². The minimum atomic E-state index is -0.914. The van der Waals surface area contributed by atoms with E-state index in [9.17, 15) is 18.4 Å². The lowest BCUT2D eigenvalue weighted by molar-refractivity contribution is 0.0579. The first kappa shape index (κ1) is 20.4. The number of hydrogen-bond donors (Lipinski definition) is 0. The van der Waals surface area contributed by atoms with Crippen LogP contribution in [-0.2, 0) is 4.74 Å². The monoisotopic (exact) mass is 402 g/mol.